The van der Waals surface area contributed by atoms with E-state index in [1.54, 1.807) is 0 Å². The second-order valence-corrected chi connectivity index (χ2v) is 5.70. The number of hydrogen-bond acceptors (Lipinski definition) is 2. The molecule has 0 saturated carbocycles. The Hall–Kier alpha value is -1.03. The minimum absolute atomic E-state index is 0.690. The van der Waals surface area contributed by atoms with Crippen LogP contribution in [-0.2, 0) is 13.1 Å². The van der Waals surface area contributed by atoms with Gasteiger partial charge in [-0.25, -0.2) is 0 Å². The van der Waals surface area contributed by atoms with Crippen LogP contribution < -0.4 is 5.32 Å². The summed E-state index contributed by atoms with van der Waals surface area (Å²) in [6.45, 7) is 6.61. The number of rotatable bonds is 6. The Morgan fingerprint density at radius 3 is 2.50 bits per heavy atom. The monoisotopic (exact) mass is 311 g/mol. The van der Waals surface area contributed by atoms with E-state index in [-0.39, 0.29) is 0 Å². The highest BCUT2D eigenvalue weighted by atomic mass is 35.5. The summed E-state index contributed by atoms with van der Waals surface area (Å²) in [4.78, 5) is 0. The lowest BCUT2D eigenvalue weighted by atomic mass is 10.2. The number of nitrogens with one attached hydrogen (secondary N) is 1. The van der Waals surface area contributed by atoms with Crippen LogP contribution >= 0.6 is 23.2 Å². The van der Waals surface area contributed by atoms with E-state index in [1.165, 1.54) is 5.69 Å². The molecule has 0 aliphatic heterocycles. The van der Waals surface area contributed by atoms with E-state index in [9.17, 15) is 0 Å². The van der Waals surface area contributed by atoms with Crippen molar-refractivity contribution in [2.45, 2.75) is 33.4 Å². The fourth-order valence-corrected chi connectivity index (χ4v) is 2.70. The minimum atomic E-state index is 0.690. The molecule has 20 heavy (non-hydrogen) atoms. The molecule has 1 N–H and O–H groups in total. The van der Waals surface area contributed by atoms with Gasteiger partial charge in [-0.15, -0.1) is 0 Å². The Labute approximate surface area is 129 Å². The quantitative estimate of drug-likeness (QED) is 0.818. The third kappa shape index (κ3) is 3.98. The lowest BCUT2D eigenvalue weighted by Gasteiger charge is -2.09. The Morgan fingerprint density at radius 1 is 1.20 bits per heavy atom. The summed E-state index contributed by atoms with van der Waals surface area (Å²) in [6.07, 6.45) is 1.02. The van der Waals surface area contributed by atoms with Gasteiger partial charge < -0.3 is 5.32 Å². The van der Waals surface area contributed by atoms with Gasteiger partial charge >= 0.3 is 0 Å². The molecule has 0 fully saturated rings. The molecule has 1 aromatic carbocycles. The van der Waals surface area contributed by atoms with Gasteiger partial charge in [-0.1, -0.05) is 29.3 Å². The summed E-state index contributed by atoms with van der Waals surface area (Å²) in [5, 5.41) is 9.23. The summed E-state index contributed by atoms with van der Waals surface area (Å²) in [5.41, 5.74) is 3.23. The van der Waals surface area contributed by atoms with Crippen molar-refractivity contribution >= 4 is 23.2 Å². The predicted octanol–water partition coefficient (Wildman–Crippen LogP) is 3.99. The second kappa shape index (κ2) is 7.11. The number of hydrogen-bond donors (Lipinski definition) is 1. The molecule has 2 rings (SSSR count). The Kier molecular flexibility index (Phi) is 5.46. The van der Waals surface area contributed by atoms with Crippen molar-refractivity contribution in [3.8, 4) is 0 Å². The fraction of sp³-hybridized carbons (Fsp3) is 0.400. The van der Waals surface area contributed by atoms with Crippen molar-refractivity contribution in [3.63, 3.8) is 0 Å². The summed E-state index contributed by atoms with van der Waals surface area (Å²) in [6, 6.07) is 7.68. The van der Waals surface area contributed by atoms with Crippen molar-refractivity contribution in [1.82, 2.24) is 15.1 Å². The van der Waals surface area contributed by atoms with Crippen LogP contribution in [0.3, 0.4) is 0 Å². The molecule has 0 radical (unpaired) electrons. The van der Waals surface area contributed by atoms with Gasteiger partial charge in [-0.3, -0.25) is 4.68 Å². The van der Waals surface area contributed by atoms with Crippen LogP contribution in [0.4, 0.5) is 0 Å². The van der Waals surface area contributed by atoms with Gasteiger partial charge in [0.2, 0.25) is 0 Å². The maximum absolute atomic E-state index is 6.12. The number of halogens is 2. The maximum atomic E-state index is 6.12. The number of aromatic nitrogens is 2. The number of aryl methyl sites for hydroxylation is 3. The van der Waals surface area contributed by atoms with E-state index < -0.39 is 0 Å². The molecule has 0 aliphatic carbocycles. The lowest BCUT2D eigenvalue weighted by molar-refractivity contribution is 0.532. The first-order valence-corrected chi connectivity index (χ1v) is 7.48. The van der Waals surface area contributed by atoms with E-state index in [0.717, 1.165) is 30.8 Å². The molecule has 1 aromatic heterocycles. The molecular weight excluding hydrogens is 293 g/mol. The molecule has 0 unspecified atom stereocenters. The van der Waals surface area contributed by atoms with Crippen molar-refractivity contribution in [3.05, 3.63) is 51.3 Å². The van der Waals surface area contributed by atoms with E-state index in [0.29, 0.717) is 16.6 Å². The van der Waals surface area contributed by atoms with Gasteiger partial charge in [-0.05, 0) is 45.0 Å². The first-order valence-electron chi connectivity index (χ1n) is 6.72. The molecule has 2 aromatic rings. The highest BCUT2D eigenvalue weighted by Gasteiger charge is 2.04. The maximum Gasteiger partial charge on any atom is 0.0596 e. The van der Waals surface area contributed by atoms with Crippen molar-refractivity contribution in [1.29, 1.82) is 0 Å². The fourth-order valence-electron chi connectivity index (χ4n) is 2.17. The van der Waals surface area contributed by atoms with Gasteiger partial charge in [0.05, 0.1) is 5.69 Å². The minimum Gasteiger partial charge on any atom is -0.312 e. The zero-order chi connectivity index (χ0) is 14.5. The largest absolute Gasteiger partial charge is 0.312 e. The first kappa shape index (κ1) is 15.4. The van der Waals surface area contributed by atoms with Crippen LogP contribution in [0, 0.1) is 13.8 Å². The molecular formula is C15H19Cl2N3. The predicted molar refractivity (Wildman–Crippen MR) is 84.5 cm³/mol. The van der Waals surface area contributed by atoms with Crippen LogP contribution in [0.5, 0.6) is 0 Å². The Balaban J connectivity index is 1.76. The third-order valence-corrected chi connectivity index (χ3v) is 3.90. The molecule has 0 bridgehead atoms. The van der Waals surface area contributed by atoms with Crippen LogP contribution in [0.1, 0.15) is 23.4 Å². The summed E-state index contributed by atoms with van der Waals surface area (Å²) >= 11 is 12.2. The molecule has 108 valence electrons. The van der Waals surface area contributed by atoms with E-state index in [2.05, 4.69) is 23.4 Å². The summed E-state index contributed by atoms with van der Waals surface area (Å²) in [5.74, 6) is 0. The van der Waals surface area contributed by atoms with Crippen molar-refractivity contribution in [2.75, 3.05) is 6.54 Å². The van der Waals surface area contributed by atoms with Gasteiger partial charge in [0.25, 0.3) is 0 Å². The summed E-state index contributed by atoms with van der Waals surface area (Å²) in [7, 11) is 0. The van der Waals surface area contributed by atoms with Crippen molar-refractivity contribution in [2.24, 2.45) is 0 Å². The average Bonchev–Trinajstić information content (AvgIpc) is 2.71. The molecule has 5 heteroatoms. The first-order chi connectivity index (χ1) is 9.58. The molecule has 1 heterocycles. The molecule has 0 atom stereocenters. The van der Waals surface area contributed by atoms with Crippen LogP contribution in [0.15, 0.2) is 24.3 Å². The van der Waals surface area contributed by atoms with Crippen molar-refractivity contribution < 1.29 is 0 Å². The molecule has 0 spiro atoms. The van der Waals surface area contributed by atoms with Crippen LogP contribution in [0.2, 0.25) is 10.0 Å². The lowest BCUT2D eigenvalue weighted by Crippen LogP contribution is -2.17. The highest BCUT2D eigenvalue weighted by Crippen LogP contribution is 2.23. The van der Waals surface area contributed by atoms with E-state index >= 15 is 0 Å². The van der Waals surface area contributed by atoms with Gasteiger partial charge in [-0.2, -0.15) is 5.10 Å². The normalized spacial score (nSPS) is 11.0. The van der Waals surface area contributed by atoms with Crippen LogP contribution in [-0.4, -0.2) is 16.3 Å². The standard InChI is InChI=1S/C15H19Cl2N3/c1-11-9-12(2)20(19-11)8-4-7-18-10-13-14(16)5-3-6-15(13)17/h3,5-6,9,18H,4,7-8,10H2,1-2H3. The van der Waals surface area contributed by atoms with Gasteiger partial charge in [0.1, 0.15) is 0 Å². The molecule has 0 saturated heterocycles. The third-order valence-electron chi connectivity index (χ3n) is 3.19. The molecule has 0 amide bonds. The highest BCUT2D eigenvalue weighted by molar-refractivity contribution is 6.35. The summed E-state index contributed by atoms with van der Waals surface area (Å²) < 4.78 is 2.04. The van der Waals surface area contributed by atoms with Gasteiger partial charge in [0.15, 0.2) is 0 Å². The van der Waals surface area contributed by atoms with E-state index in [1.807, 2.05) is 29.8 Å². The van der Waals surface area contributed by atoms with Gasteiger partial charge in [0, 0.05) is 34.4 Å². The average molecular weight is 312 g/mol. The zero-order valence-electron chi connectivity index (χ0n) is 11.8. The van der Waals surface area contributed by atoms with Crippen LogP contribution in [0.25, 0.3) is 0 Å². The Morgan fingerprint density at radius 2 is 1.90 bits per heavy atom. The molecule has 3 nitrogen and oxygen atoms in total. The topological polar surface area (TPSA) is 29.9 Å². The number of benzene rings is 1. The Bertz CT molecular complexity index is 558. The second-order valence-electron chi connectivity index (χ2n) is 4.88. The van der Waals surface area contributed by atoms with E-state index in [4.69, 9.17) is 23.2 Å². The smallest absolute Gasteiger partial charge is 0.0596 e. The SMILES string of the molecule is Cc1cc(C)n(CCCNCc2c(Cl)cccc2Cl)n1. The zero-order valence-corrected chi connectivity index (χ0v) is 13.3. The number of nitrogens with zero attached hydrogens (tertiary/aromatic N) is 2. The molecule has 0 aliphatic rings.